The average Bonchev–Trinajstić information content (AvgIpc) is 2.91. The topological polar surface area (TPSA) is 63.2 Å². The maximum absolute atomic E-state index is 12.0. The van der Waals surface area contributed by atoms with Crippen molar-refractivity contribution in [2.75, 3.05) is 14.2 Å². The molecule has 2 aliphatic rings. The Bertz CT molecular complexity index is 419. The summed E-state index contributed by atoms with van der Waals surface area (Å²) < 4.78 is 28.0. The van der Waals surface area contributed by atoms with Crippen LogP contribution in [0.5, 0.6) is 0 Å². The molecule has 2 rings (SSSR count). The zero-order valence-corrected chi connectivity index (χ0v) is 15.5. The second kappa shape index (κ2) is 6.20. The zero-order valence-electron chi connectivity index (χ0n) is 14.5. The number of esters is 1. The molecule has 5 atom stereocenters. The number of carbonyl (C=O) groups excluding carboxylic acids is 1. The van der Waals surface area contributed by atoms with Gasteiger partial charge in [-0.2, -0.15) is 0 Å². The van der Waals surface area contributed by atoms with E-state index in [0.29, 0.717) is 6.42 Å². The van der Waals surface area contributed by atoms with Gasteiger partial charge < -0.3 is 23.4 Å². The largest absolute Gasteiger partial charge is 0.469 e. The van der Waals surface area contributed by atoms with Crippen LogP contribution in [0.2, 0.25) is 18.1 Å². The molecule has 2 heterocycles. The number of carbonyl (C=O) groups is 1. The molecule has 2 fully saturated rings. The van der Waals surface area contributed by atoms with Crippen LogP contribution in [0.3, 0.4) is 0 Å². The molecule has 0 bridgehead atoms. The van der Waals surface area contributed by atoms with Gasteiger partial charge in [0.25, 0.3) is 0 Å². The fourth-order valence-electron chi connectivity index (χ4n) is 2.71. The van der Waals surface area contributed by atoms with Gasteiger partial charge in [0.15, 0.2) is 27.2 Å². The third-order valence-corrected chi connectivity index (χ3v) is 9.53. The lowest BCUT2D eigenvalue weighted by molar-refractivity contribution is -0.231. The van der Waals surface area contributed by atoms with E-state index in [9.17, 15) is 4.79 Å². The third-order valence-electron chi connectivity index (χ3n) is 5.06. The Morgan fingerprint density at radius 2 is 1.82 bits per heavy atom. The molecule has 0 radical (unpaired) electrons. The number of ether oxygens (including phenoxy) is 4. The highest BCUT2D eigenvalue weighted by atomic mass is 28.4. The van der Waals surface area contributed by atoms with Gasteiger partial charge in [0.1, 0.15) is 5.92 Å². The summed E-state index contributed by atoms with van der Waals surface area (Å²) in [7, 11) is 0.967. The molecule has 0 aliphatic carbocycles. The molecule has 2 saturated heterocycles. The van der Waals surface area contributed by atoms with Gasteiger partial charge in [0, 0.05) is 19.4 Å². The number of hydrogen-bond donors (Lipinski definition) is 0. The predicted octanol–water partition coefficient (Wildman–Crippen LogP) is 2.49. The summed E-state index contributed by atoms with van der Waals surface area (Å²) in [6.45, 7) is 10.9. The molecule has 7 heteroatoms. The van der Waals surface area contributed by atoms with E-state index in [1.54, 1.807) is 0 Å². The summed E-state index contributed by atoms with van der Waals surface area (Å²) in [5.41, 5.74) is 0. The predicted molar refractivity (Wildman–Crippen MR) is 82.4 cm³/mol. The Balaban J connectivity index is 2.06. The number of rotatable bonds is 4. The fraction of sp³-hybridized carbons (Fsp3) is 0.933. The van der Waals surface area contributed by atoms with Crippen molar-refractivity contribution in [3.8, 4) is 0 Å². The van der Waals surface area contributed by atoms with Crippen LogP contribution < -0.4 is 0 Å². The smallest absolute Gasteiger partial charge is 0.314 e. The zero-order chi connectivity index (χ0) is 16.7. The van der Waals surface area contributed by atoms with Gasteiger partial charge in [-0.3, -0.25) is 4.79 Å². The highest BCUT2D eigenvalue weighted by Crippen LogP contribution is 2.46. The maximum atomic E-state index is 12.0. The van der Waals surface area contributed by atoms with Crippen molar-refractivity contribution in [3.05, 3.63) is 0 Å². The van der Waals surface area contributed by atoms with E-state index in [4.69, 9.17) is 23.4 Å². The first-order valence-corrected chi connectivity index (χ1v) is 10.6. The van der Waals surface area contributed by atoms with Crippen LogP contribution in [-0.4, -0.2) is 47.4 Å². The van der Waals surface area contributed by atoms with Crippen LogP contribution in [0.1, 0.15) is 27.2 Å². The molecular formula is C15H28O6Si. The van der Waals surface area contributed by atoms with Gasteiger partial charge in [-0.05, 0) is 18.1 Å². The number of methoxy groups -OCH3 is 2. The normalized spacial score (nSPS) is 35.5. The minimum atomic E-state index is -1.93. The van der Waals surface area contributed by atoms with Gasteiger partial charge >= 0.3 is 5.97 Å². The van der Waals surface area contributed by atoms with E-state index < -0.39 is 26.8 Å². The van der Waals surface area contributed by atoms with Crippen molar-refractivity contribution in [1.82, 2.24) is 0 Å². The first kappa shape index (κ1) is 17.9. The molecular weight excluding hydrogens is 304 g/mol. The second-order valence-electron chi connectivity index (χ2n) is 7.50. The van der Waals surface area contributed by atoms with Crippen LogP contribution >= 0.6 is 0 Å². The standard InChI is InChI=1S/C15H28O6Si/c1-15(2,3)22(6,7)21-10-8-9-11(12(16)17-4)14(18-5)20-13(9)19-10/h9-11,13-14H,8H2,1-7H3/t9-,10-,11-,13+,14-/m1/s1. The van der Waals surface area contributed by atoms with Gasteiger partial charge in [-0.1, -0.05) is 20.8 Å². The molecule has 6 nitrogen and oxygen atoms in total. The highest BCUT2D eigenvalue weighted by Gasteiger charge is 2.56. The lowest BCUT2D eigenvalue weighted by Crippen LogP contribution is -2.44. The Morgan fingerprint density at radius 3 is 2.32 bits per heavy atom. The molecule has 0 spiro atoms. The van der Waals surface area contributed by atoms with Crippen molar-refractivity contribution < 1.29 is 28.2 Å². The average molecular weight is 332 g/mol. The van der Waals surface area contributed by atoms with Crippen molar-refractivity contribution in [3.63, 3.8) is 0 Å². The lowest BCUT2D eigenvalue weighted by atomic mass is 9.92. The van der Waals surface area contributed by atoms with Crippen LogP contribution in [0.4, 0.5) is 0 Å². The third kappa shape index (κ3) is 3.23. The Hall–Kier alpha value is -0.473. The van der Waals surface area contributed by atoms with Crippen molar-refractivity contribution in [1.29, 1.82) is 0 Å². The van der Waals surface area contributed by atoms with Crippen molar-refractivity contribution in [2.24, 2.45) is 11.8 Å². The van der Waals surface area contributed by atoms with E-state index >= 15 is 0 Å². The summed E-state index contributed by atoms with van der Waals surface area (Å²) in [6, 6.07) is 0. The summed E-state index contributed by atoms with van der Waals surface area (Å²) >= 11 is 0. The Kier molecular flexibility index (Phi) is 5.04. The quantitative estimate of drug-likeness (QED) is 0.582. The Labute approximate surface area is 133 Å². The van der Waals surface area contributed by atoms with Crippen LogP contribution in [0, 0.1) is 11.8 Å². The van der Waals surface area contributed by atoms with Crippen LogP contribution in [0.25, 0.3) is 0 Å². The Morgan fingerprint density at radius 1 is 1.18 bits per heavy atom. The molecule has 0 aromatic heterocycles. The fourth-order valence-corrected chi connectivity index (χ4v) is 3.87. The first-order chi connectivity index (χ1) is 10.1. The van der Waals surface area contributed by atoms with Crippen molar-refractivity contribution in [2.45, 2.75) is 64.2 Å². The molecule has 0 saturated carbocycles. The SMILES string of the molecule is COC(=O)[C@@H]1[C@H](OC)O[C@@H]2O[C@H](O[Si](C)(C)C(C)(C)C)C[C@@H]21. The minimum Gasteiger partial charge on any atom is -0.469 e. The van der Waals surface area contributed by atoms with Gasteiger partial charge in [-0.15, -0.1) is 0 Å². The summed E-state index contributed by atoms with van der Waals surface area (Å²) in [4.78, 5) is 12.0. The highest BCUT2D eigenvalue weighted by molar-refractivity contribution is 6.74. The van der Waals surface area contributed by atoms with E-state index in [-0.39, 0.29) is 23.2 Å². The van der Waals surface area contributed by atoms with E-state index in [2.05, 4.69) is 33.9 Å². The van der Waals surface area contributed by atoms with Gasteiger partial charge in [0.2, 0.25) is 0 Å². The number of fused-ring (bicyclic) bond motifs is 1. The maximum Gasteiger partial charge on any atom is 0.314 e. The molecule has 0 amide bonds. The minimum absolute atomic E-state index is 0.0906. The lowest BCUT2D eigenvalue weighted by Gasteiger charge is -2.38. The van der Waals surface area contributed by atoms with Gasteiger partial charge in [0.05, 0.1) is 7.11 Å². The number of hydrogen-bond acceptors (Lipinski definition) is 6. The summed E-state index contributed by atoms with van der Waals surface area (Å²) in [5, 5.41) is 0.103. The monoisotopic (exact) mass is 332 g/mol. The molecule has 0 N–H and O–H groups in total. The summed E-state index contributed by atoms with van der Waals surface area (Å²) in [5.74, 6) is -0.879. The molecule has 0 aromatic carbocycles. The van der Waals surface area contributed by atoms with Gasteiger partial charge in [-0.25, -0.2) is 0 Å². The van der Waals surface area contributed by atoms with E-state index in [0.717, 1.165) is 0 Å². The second-order valence-corrected chi connectivity index (χ2v) is 12.3. The molecule has 22 heavy (non-hydrogen) atoms. The van der Waals surface area contributed by atoms with E-state index in [1.807, 2.05) is 0 Å². The molecule has 2 aliphatic heterocycles. The molecule has 128 valence electrons. The molecule has 0 aromatic rings. The summed E-state index contributed by atoms with van der Waals surface area (Å²) in [6.07, 6.45) is -0.794. The van der Waals surface area contributed by atoms with Crippen LogP contribution in [0.15, 0.2) is 0 Å². The first-order valence-electron chi connectivity index (χ1n) is 7.70. The molecule has 0 unspecified atom stereocenters. The van der Waals surface area contributed by atoms with Crippen LogP contribution in [-0.2, 0) is 28.2 Å². The van der Waals surface area contributed by atoms with E-state index in [1.165, 1.54) is 14.2 Å². The van der Waals surface area contributed by atoms with Crippen molar-refractivity contribution >= 4 is 14.3 Å².